The van der Waals surface area contributed by atoms with Gasteiger partial charge in [0, 0.05) is 17.5 Å². The van der Waals surface area contributed by atoms with E-state index in [2.05, 4.69) is 23.7 Å². The molecule has 0 aliphatic heterocycles. The van der Waals surface area contributed by atoms with Crippen molar-refractivity contribution in [2.75, 3.05) is 19.8 Å². The van der Waals surface area contributed by atoms with E-state index in [0.717, 1.165) is 25.8 Å². The van der Waals surface area contributed by atoms with Crippen molar-refractivity contribution >= 4 is 11.3 Å². The topological polar surface area (TPSA) is 21.3 Å². The molecule has 1 heterocycles. The Bertz CT molecular complexity index is 293. The average molecular weight is 277 g/mol. The molecule has 1 N–H and O–H groups in total. The molecule has 0 bridgehead atoms. The van der Waals surface area contributed by atoms with E-state index in [4.69, 9.17) is 4.74 Å². The number of alkyl halides is 2. The lowest BCUT2D eigenvalue weighted by atomic mass is 10.1. The molecule has 104 valence electrons. The molecule has 0 amide bonds. The SMILES string of the molecule is CCCNC(CCOCC(F)F)Cc1cccs1. The Labute approximate surface area is 111 Å². The molecular weight excluding hydrogens is 256 g/mol. The van der Waals surface area contributed by atoms with Crippen LogP contribution in [0.25, 0.3) is 0 Å². The highest BCUT2D eigenvalue weighted by Crippen LogP contribution is 2.13. The summed E-state index contributed by atoms with van der Waals surface area (Å²) in [5.74, 6) is 0. The van der Waals surface area contributed by atoms with Gasteiger partial charge in [-0.15, -0.1) is 11.3 Å². The first-order chi connectivity index (χ1) is 8.72. The van der Waals surface area contributed by atoms with E-state index in [-0.39, 0.29) is 0 Å². The molecule has 1 unspecified atom stereocenters. The Morgan fingerprint density at radius 1 is 1.44 bits per heavy atom. The second-order valence-electron chi connectivity index (χ2n) is 4.19. The van der Waals surface area contributed by atoms with Crippen LogP contribution in [0.5, 0.6) is 0 Å². The Balaban J connectivity index is 2.26. The number of rotatable bonds is 10. The summed E-state index contributed by atoms with van der Waals surface area (Å²) in [6.07, 6.45) is 0.406. The van der Waals surface area contributed by atoms with Gasteiger partial charge in [-0.25, -0.2) is 8.78 Å². The molecule has 0 aromatic carbocycles. The van der Waals surface area contributed by atoms with Gasteiger partial charge in [-0.3, -0.25) is 0 Å². The zero-order chi connectivity index (χ0) is 13.2. The van der Waals surface area contributed by atoms with Crippen LogP contribution in [0, 0.1) is 0 Å². The molecule has 18 heavy (non-hydrogen) atoms. The maximum absolute atomic E-state index is 11.9. The standard InChI is InChI=1S/C13H21F2NOS/c1-2-6-16-11(5-7-17-10-13(14)15)9-12-4-3-8-18-12/h3-4,8,11,13,16H,2,5-7,9-10H2,1H3. The minimum atomic E-state index is -2.37. The van der Waals surface area contributed by atoms with E-state index in [1.54, 1.807) is 11.3 Å². The lowest BCUT2D eigenvalue weighted by Gasteiger charge is -2.17. The smallest absolute Gasteiger partial charge is 0.261 e. The maximum atomic E-state index is 11.9. The van der Waals surface area contributed by atoms with E-state index >= 15 is 0 Å². The highest BCUT2D eigenvalue weighted by Gasteiger charge is 2.10. The second kappa shape index (κ2) is 9.42. The molecule has 0 aliphatic carbocycles. The molecule has 0 fully saturated rings. The first kappa shape index (κ1) is 15.5. The van der Waals surface area contributed by atoms with E-state index in [9.17, 15) is 8.78 Å². The van der Waals surface area contributed by atoms with Crippen molar-refractivity contribution in [2.45, 2.75) is 38.7 Å². The predicted octanol–water partition coefficient (Wildman–Crippen LogP) is 3.33. The van der Waals surface area contributed by atoms with Crippen molar-refractivity contribution in [3.05, 3.63) is 22.4 Å². The monoisotopic (exact) mass is 277 g/mol. The molecule has 1 aromatic rings. The second-order valence-corrected chi connectivity index (χ2v) is 5.22. The zero-order valence-electron chi connectivity index (χ0n) is 10.7. The van der Waals surface area contributed by atoms with Gasteiger partial charge in [0.2, 0.25) is 0 Å². The summed E-state index contributed by atoms with van der Waals surface area (Å²) in [5.41, 5.74) is 0. The Kier molecular flexibility index (Phi) is 8.13. The third-order valence-corrected chi connectivity index (χ3v) is 3.46. The van der Waals surface area contributed by atoms with Crippen molar-refractivity contribution in [3.8, 4) is 0 Å². The fourth-order valence-electron chi connectivity index (χ4n) is 1.69. The van der Waals surface area contributed by atoms with Gasteiger partial charge in [-0.2, -0.15) is 0 Å². The summed E-state index contributed by atoms with van der Waals surface area (Å²) in [6.45, 7) is 2.99. The van der Waals surface area contributed by atoms with Gasteiger partial charge < -0.3 is 10.1 Å². The van der Waals surface area contributed by atoms with Gasteiger partial charge in [0.15, 0.2) is 0 Å². The average Bonchev–Trinajstić information content (AvgIpc) is 2.83. The predicted molar refractivity (Wildman–Crippen MR) is 71.5 cm³/mol. The van der Waals surface area contributed by atoms with Gasteiger partial charge in [-0.05, 0) is 37.3 Å². The fourth-order valence-corrected chi connectivity index (χ4v) is 2.48. The lowest BCUT2D eigenvalue weighted by Crippen LogP contribution is -2.33. The summed E-state index contributed by atoms with van der Waals surface area (Å²) in [6, 6.07) is 4.44. The summed E-state index contributed by atoms with van der Waals surface area (Å²) in [5, 5.41) is 5.49. The minimum Gasteiger partial charge on any atom is -0.375 e. The van der Waals surface area contributed by atoms with E-state index in [1.165, 1.54) is 4.88 Å². The highest BCUT2D eigenvalue weighted by molar-refractivity contribution is 7.09. The molecule has 0 spiro atoms. The molecule has 0 saturated heterocycles. The van der Waals surface area contributed by atoms with Crippen molar-refractivity contribution in [3.63, 3.8) is 0 Å². The summed E-state index contributed by atoms with van der Waals surface area (Å²) in [7, 11) is 0. The number of nitrogens with one attached hydrogen (secondary N) is 1. The number of thiophene rings is 1. The highest BCUT2D eigenvalue weighted by atomic mass is 32.1. The minimum absolute atomic E-state index is 0.307. The van der Waals surface area contributed by atoms with Crippen LogP contribution in [-0.4, -0.2) is 32.2 Å². The fraction of sp³-hybridized carbons (Fsp3) is 0.692. The third-order valence-electron chi connectivity index (χ3n) is 2.57. The van der Waals surface area contributed by atoms with Crippen molar-refractivity contribution in [2.24, 2.45) is 0 Å². The normalized spacial score (nSPS) is 13.1. The summed E-state index contributed by atoms with van der Waals surface area (Å²) >= 11 is 1.73. The van der Waals surface area contributed by atoms with Crippen LogP contribution in [0.15, 0.2) is 17.5 Å². The molecule has 2 nitrogen and oxygen atoms in total. The lowest BCUT2D eigenvalue weighted by molar-refractivity contribution is 0.0144. The van der Waals surface area contributed by atoms with Gasteiger partial charge in [0.25, 0.3) is 6.43 Å². The van der Waals surface area contributed by atoms with Gasteiger partial charge in [-0.1, -0.05) is 13.0 Å². The number of ether oxygens (including phenoxy) is 1. The van der Waals surface area contributed by atoms with Crippen LogP contribution in [-0.2, 0) is 11.2 Å². The van der Waals surface area contributed by atoms with E-state index in [1.807, 2.05) is 6.07 Å². The molecule has 0 saturated carbocycles. The van der Waals surface area contributed by atoms with Gasteiger partial charge in [0.1, 0.15) is 6.61 Å². The largest absolute Gasteiger partial charge is 0.375 e. The number of halogens is 2. The molecule has 1 atom stereocenters. The van der Waals surface area contributed by atoms with Crippen LogP contribution >= 0.6 is 11.3 Å². The maximum Gasteiger partial charge on any atom is 0.261 e. The quantitative estimate of drug-likeness (QED) is 0.662. The first-order valence-electron chi connectivity index (χ1n) is 6.34. The van der Waals surface area contributed by atoms with Crippen molar-refractivity contribution in [1.29, 1.82) is 0 Å². The van der Waals surface area contributed by atoms with E-state index in [0.29, 0.717) is 12.6 Å². The third kappa shape index (κ3) is 7.03. The number of hydrogen-bond acceptors (Lipinski definition) is 3. The van der Waals surface area contributed by atoms with Crippen LogP contribution < -0.4 is 5.32 Å². The van der Waals surface area contributed by atoms with Crippen molar-refractivity contribution in [1.82, 2.24) is 5.32 Å². The van der Waals surface area contributed by atoms with E-state index < -0.39 is 13.0 Å². The number of hydrogen-bond donors (Lipinski definition) is 1. The molecule has 1 aromatic heterocycles. The van der Waals surface area contributed by atoms with Crippen LogP contribution in [0.2, 0.25) is 0 Å². The van der Waals surface area contributed by atoms with Gasteiger partial charge in [0.05, 0.1) is 0 Å². The van der Waals surface area contributed by atoms with Crippen LogP contribution in [0.3, 0.4) is 0 Å². The Hall–Kier alpha value is -0.520. The van der Waals surface area contributed by atoms with Crippen molar-refractivity contribution < 1.29 is 13.5 Å². The molecular formula is C13H21F2NOS. The Morgan fingerprint density at radius 2 is 2.28 bits per heavy atom. The van der Waals surface area contributed by atoms with Crippen LogP contribution in [0.1, 0.15) is 24.6 Å². The first-order valence-corrected chi connectivity index (χ1v) is 7.22. The Morgan fingerprint density at radius 3 is 2.89 bits per heavy atom. The molecule has 0 radical (unpaired) electrons. The zero-order valence-corrected chi connectivity index (χ0v) is 11.5. The van der Waals surface area contributed by atoms with Gasteiger partial charge >= 0.3 is 0 Å². The molecule has 5 heteroatoms. The summed E-state index contributed by atoms with van der Waals surface area (Å²) < 4.78 is 28.8. The molecule has 0 aliphatic rings. The van der Waals surface area contributed by atoms with Crippen LogP contribution in [0.4, 0.5) is 8.78 Å². The summed E-state index contributed by atoms with van der Waals surface area (Å²) in [4.78, 5) is 1.32. The molecule has 1 rings (SSSR count).